The van der Waals surface area contributed by atoms with Crippen molar-refractivity contribution < 1.29 is 38.1 Å². The molecule has 2 heterocycles. The molecule has 2 fully saturated rings. The number of anilines is 1. The molecule has 12 nitrogen and oxygen atoms in total. The lowest BCUT2D eigenvalue weighted by molar-refractivity contribution is -0.134. The molecule has 0 saturated carbocycles. The molecule has 2 aliphatic heterocycles. The van der Waals surface area contributed by atoms with Crippen molar-refractivity contribution >= 4 is 23.6 Å². The lowest BCUT2D eigenvalue weighted by Gasteiger charge is -2.32. The maximum atomic E-state index is 12.0. The molecule has 0 bridgehead atoms. The number of amides is 3. The van der Waals surface area contributed by atoms with E-state index in [2.05, 4.69) is 20.9 Å². The van der Waals surface area contributed by atoms with Gasteiger partial charge in [-0.05, 0) is 57.7 Å². The van der Waals surface area contributed by atoms with Crippen LogP contribution < -0.4 is 16.0 Å². The smallest absolute Gasteiger partial charge is 0.407 e. The van der Waals surface area contributed by atoms with Gasteiger partial charge >= 0.3 is 6.09 Å². The molecule has 3 N–H and O–H groups in total. The first-order valence-electron chi connectivity index (χ1n) is 15.4. The maximum absolute atomic E-state index is 12.0. The van der Waals surface area contributed by atoms with E-state index in [0.717, 1.165) is 43.7 Å². The van der Waals surface area contributed by atoms with Crippen molar-refractivity contribution in [1.82, 2.24) is 15.5 Å². The van der Waals surface area contributed by atoms with E-state index >= 15 is 0 Å². The van der Waals surface area contributed by atoms with Gasteiger partial charge in [-0.25, -0.2) is 4.79 Å². The van der Waals surface area contributed by atoms with E-state index < -0.39 is 5.60 Å². The van der Waals surface area contributed by atoms with Gasteiger partial charge in [0.05, 0.1) is 58.8 Å². The zero-order valence-electron chi connectivity index (χ0n) is 26.0. The molecule has 2 saturated heterocycles. The minimum atomic E-state index is -0.478. The van der Waals surface area contributed by atoms with Gasteiger partial charge in [-0.1, -0.05) is 12.1 Å². The Bertz CT molecular complexity index is 977. The van der Waals surface area contributed by atoms with Crippen molar-refractivity contribution in [2.24, 2.45) is 0 Å². The number of likely N-dealkylation sites (tertiary alicyclic amines) is 1. The van der Waals surface area contributed by atoms with Crippen LogP contribution in [0.25, 0.3) is 0 Å². The second kappa shape index (κ2) is 18.8. The summed E-state index contributed by atoms with van der Waals surface area (Å²) in [6, 6.07) is 7.88. The van der Waals surface area contributed by atoms with Crippen LogP contribution in [0.3, 0.4) is 0 Å². The average molecular weight is 607 g/mol. The number of rotatable bonds is 18. The van der Waals surface area contributed by atoms with Gasteiger partial charge in [-0.3, -0.25) is 14.9 Å². The van der Waals surface area contributed by atoms with Crippen molar-refractivity contribution in [2.45, 2.75) is 64.0 Å². The Hall–Kier alpha value is -2.77. The van der Waals surface area contributed by atoms with Crippen molar-refractivity contribution in [3.63, 3.8) is 0 Å². The first-order valence-corrected chi connectivity index (χ1v) is 15.4. The summed E-state index contributed by atoms with van der Waals surface area (Å²) in [6.07, 6.45) is 2.41. The topological polar surface area (TPSA) is 137 Å². The molecule has 3 rings (SSSR count). The highest BCUT2D eigenvalue weighted by Gasteiger charge is 2.27. The number of benzene rings is 1. The molecule has 12 heteroatoms. The molecule has 0 aliphatic carbocycles. The molecule has 2 aliphatic rings. The Morgan fingerprint density at radius 2 is 1.44 bits per heavy atom. The fraction of sp³-hybridized carbons (Fsp3) is 0.710. The van der Waals surface area contributed by atoms with Gasteiger partial charge < -0.3 is 39.2 Å². The molecule has 0 spiro atoms. The molecule has 1 atom stereocenters. The van der Waals surface area contributed by atoms with Crippen LogP contribution in [0.15, 0.2) is 24.3 Å². The van der Waals surface area contributed by atoms with Crippen LogP contribution in [-0.4, -0.2) is 113 Å². The van der Waals surface area contributed by atoms with Gasteiger partial charge in [-0.2, -0.15) is 0 Å². The molecule has 242 valence electrons. The van der Waals surface area contributed by atoms with Crippen LogP contribution in [0.1, 0.15) is 57.9 Å². The van der Waals surface area contributed by atoms with Crippen molar-refractivity contribution in [3.8, 4) is 0 Å². The molecule has 1 unspecified atom stereocenters. The van der Waals surface area contributed by atoms with E-state index in [1.807, 2.05) is 45.0 Å². The third-order valence-corrected chi connectivity index (χ3v) is 7.10. The monoisotopic (exact) mass is 606 g/mol. The number of carbonyl (C=O) groups excluding carboxylic acids is 3. The first-order chi connectivity index (χ1) is 20.7. The van der Waals surface area contributed by atoms with Gasteiger partial charge in [0.15, 0.2) is 0 Å². The van der Waals surface area contributed by atoms with Crippen molar-refractivity contribution in [1.29, 1.82) is 0 Å². The summed E-state index contributed by atoms with van der Waals surface area (Å²) in [5, 5.41) is 8.65. The van der Waals surface area contributed by atoms with E-state index in [9.17, 15) is 14.4 Å². The van der Waals surface area contributed by atoms with Gasteiger partial charge in [-0.15, -0.1) is 0 Å². The highest BCUT2D eigenvalue weighted by Crippen LogP contribution is 2.25. The summed E-state index contributed by atoms with van der Waals surface area (Å²) < 4.78 is 27.7. The van der Waals surface area contributed by atoms with Crippen LogP contribution >= 0.6 is 0 Å². The lowest BCUT2D eigenvalue weighted by atomic mass is 9.90. The third kappa shape index (κ3) is 14.5. The van der Waals surface area contributed by atoms with Gasteiger partial charge in [0.25, 0.3) is 0 Å². The fourth-order valence-electron chi connectivity index (χ4n) is 4.84. The second-order valence-corrected chi connectivity index (χ2v) is 11.8. The van der Waals surface area contributed by atoms with Crippen LogP contribution in [0.2, 0.25) is 0 Å². The SMILES string of the molecule is CC(C)(C)OC(=O)NC1CCN(CCOCCOCCOCCOCCNc2ccc(C3CCC(=O)NC3=O)cc2)CC1. The number of carbonyl (C=O) groups is 3. The lowest BCUT2D eigenvalue weighted by Crippen LogP contribution is -2.46. The Balaban J connectivity index is 1.06. The molecule has 3 amide bonds. The average Bonchev–Trinajstić information content (AvgIpc) is 2.95. The van der Waals surface area contributed by atoms with Gasteiger partial charge in [0.2, 0.25) is 11.8 Å². The molecule has 1 aromatic rings. The summed E-state index contributed by atoms with van der Waals surface area (Å²) in [7, 11) is 0. The third-order valence-electron chi connectivity index (χ3n) is 7.10. The van der Waals surface area contributed by atoms with Crippen molar-refractivity contribution in [2.75, 3.05) is 84.4 Å². The summed E-state index contributed by atoms with van der Waals surface area (Å²) in [5.41, 5.74) is 1.39. The number of imide groups is 1. The number of nitrogens with zero attached hydrogens (tertiary/aromatic N) is 1. The minimum Gasteiger partial charge on any atom is -0.444 e. The molecule has 43 heavy (non-hydrogen) atoms. The van der Waals surface area contributed by atoms with Crippen LogP contribution in [-0.2, 0) is 33.3 Å². The number of hydrogen-bond acceptors (Lipinski definition) is 10. The highest BCUT2D eigenvalue weighted by atomic mass is 16.6. The van der Waals surface area contributed by atoms with Gasteiger partial charge in [0, 0.05) is 44.3 Å². The van der Waals surface area contributed by atoms with E-state index in [4.69, 9.17) is 23.7 Å². The number of hydrogen-bond donors (Lipinski definition) is 3. The van der Waals surface area contributed by atoms with Crippen molar-refractivity contribution in [3.05, 3.63) is 29.8 Å². The van der Waals surface area contributed by atoms with E-state index in [1.54, 1.807) is 0 Å². The number of alkyl carbamates (subject to hydrolysis) is 1. The van der Waals surface area contributed by atoms with Crippen LogP contribution in [0.4, 0.5) is 10.5 Å². The zero-order chi connectivity index (χ0) is 30.9. The minimum absolute atomic E-state index is 0.163. The fourth-order valence-corrected chi connectivity index (χ4v) is 4.84. The van der Waals surface area contributed by atoms with Crippen LogP contribution in [0.5, 0.6) is 0 Å². The molecular weight excluding hydrogens is 556 g/mol. The molecule has 1 aromatic carbocycles. The summed E-state index contributed by atoms with van der Waals surface area (Å²) in [5.74, 6) is -0.690. The number of nitrogens with one attached hydrogen (secondary N) is 3. The largest absolute Gasteiger partial charge is 0.444 e. The Morgan fingerprint density at radius 1 is 0.860 bits per heavy atom. The quantitative estimate of drug-likeness (QED) is 0.169. The first kappa shape index (κ1) is 34.7. The summed E-state index contributed by atoms with van der Waals surface area (Å²) in [6.45, 7) is 13.3. The predicted octanol–water partition coefficient (Wildman–Crippen LogP) is 2.67. The molecule has 0 aromatic heterocycles. The highest BCUT2D eigenvalue weighted by molar-refractivity contribution is 6.00. The van der Waals surface area contributed by atoms with Crippen LogP contribution in [0, 0.1) is 0 Å². The normalized spacial score (nSPS) is 18.3. The maximum Gasteiger partial charge on any atom is 0.407 e. The second-order valence-electron chi connectivity index (χ2n) is 11.8. The Labute approximate surface area is 255 Å². The molecule has 0 radical (unpaired) electrons. The van der Waals surface area contributed by atoms with Gasteiger partial charge in [0.1, 0.15) is 5.60 Å². The summed E-state index contributed by atoms with van der Waals surface area (Å²) in [4.78, 5) is 37.6. The Kier molecular flexibility index (Phi) is 15.2. The number of ether oxygens (including phenoxy) is 5. The Morgan fingerprint density at radius 3 is 2.02 bits per heavy atom. The summed E-state index contributed by atoms with van der Waals surface area (Å²) >= 11 is 0. The van der Waals surface area contributed by atoms with E-state index in [0.29, 0.717) is 72.2 Å². The standard InChI is InChI=1S/C31H50N4O8/c1-31(2,3)43-30(38)33-26-10-13-35(14-11-26)15-17-40-19-21-42-23-22-41-20-18-39-16-12-32-25-6-4-24(5-7-25)27-8-9-28(36)34-29(27)37/h4-7,26-27,32H,8-23H2,1-3H3,(H,33,38)(H,34,36,37). The predicted molar refractivity (Wildman–Crippen MR) is 162 cm³/mol. The van der Waals surface area contributed by atoms with E-state index in [-0.39, 0.29) is 29.9 Å². The number of piperidine rings is 2. The van der Waals surface area contributed by atoms with E-state index in [1.165, 1.54) is 0 Å². The zero-order valence-corrected chi connectivity index (χ0v) is 26.0. The molecular formula is C31H50N4O8.